The summed E-state index contributed by atoms with van der Waals surface area (Å²) in [6, 6.07) is 1.98. The minimum atomic E-state index is 0.160. The zero-order valence-corrected chi connectivity index (χ0v) is 9.73. The Bertz CT molecular complexity index is 410. The average molecular weight is 273 g/mol. The van der Waals surface area contributed by atoms with E-state index in [-0.39, 0.29) is 6.61 Å². The summed E-state index contributed by atoms with van der Waals surface area (Å²) in [5.74, 6) is 0. The molecule has 0 bridgehead atoms. The van der Waals surface area contributed by atoms with Gasteiger partial charge in [0.15, 0.2) is 0 Å². The van der Waals surface area contributed by atoms with E-state index in [1.807, 2.05) is 18.5 Å². The van der Waals surface area contributed by atoms with Crippen LogP contribution >= 0.6 is 27.3 Å². The molecular weight excluding hydrogens is 264 g/mol. The van der Waals surface area contributed by atoms with Crippen LogP contribution in [0.25, 0.3) is 10.6 Å². The molecule has 0 aliphatic carbocycles. The minimum absolute atomic E-state index is 0.160. The zero-order valence-electron chi connectivity index (χ0n) is 7.33. The predicted molar refractivity (Wildman–Crippen MR) is 60.4 cm³/mol. The molecule has 0 atom stereocenters. The van der Waals surface area contributed by atoms with Crippen LogP contribution in [-0.2, 0) is 6.42 Å². The molecule has 14 heavy (non-hydrogen) atoms. The molecule has 0 saturated heterocycles. The third-order valence-electron chi connectivity index (χ3n) is 1.83. The molecule has 0 amide bonds. The molecule has 0 aliphatic heterocycles. The highest BCUT2D eigenvalue weighted by Crippen LogP contribution is 2.30. The largest absolute Gasteiger partial charge is 0.396 e. The first-order valence-electron chi connectivity index (χ1n) is 4.20. The molecule has 0 radical (unpaired) electrons. The summed E-state index contributed by atoms with van der Waals surface area (Å²) in [5.41, 5.74) is 1.08. The predicted octanol–water partition coefficient (Wildman–Crippen LogP) is 2.44. The number of hydrogen-bond donors (Lipinski definition) is 2. The van der Waals surface area contributed by atoms with E-state index in [9.17, 15) is 0 Å². The van der Waals surface area contributed by atoms with Gasteiger partial charge in [0, 0.05) is 35.9 Å². The Morgan fingerprint density at radius 2 is 2.43 bits per heavy atom. The van der Waals surface area contributed by atoms with Gasteiger partial charge in [-0.1, -0.05) is 0 Å². The second-order valence-electron chi connectivity index (χ2n) is 2.81. The summed E-state index contributed by atoms with van der Waals surface area (Å²) in [6.45, 7) is 0.160. The number of thiazole rings is 1. The van der Waals surface area contributed by atoms with Crippen molar-refractivity contribution in [2.75, 3.05) is 6.61 Å². The van der Waals surface area contributed by atoms with Crippen molar-refractivity contribution in [2.24, 2.45) is 0 Å². The molecule has 3 nitrogen and oxygen atoms in total. The van der Waals surface area contributed by atoms with Crippen molar-refractivity contribution in [3.63, 3.8) is 0 Å². The van der Waals surface area contributed by atoms with E-state index in [1.54, 1.807) is 11.3 Å². The number of halogens is 1. The second kappa shape index (κ2) is 4.25. The van der Waals surface area contributed by atoms with E-state index in [1.165, 1.54) is 0 Å². The molecule has 0 aliphatic rings. The highest BCUT2D eigenvalue weighted by molar-refractivity contribution is 9.10. The Morgan fingerprint density at radius 3 is 3.07 bits per heavy atom. The molecule has 2 N–H and O–H groups in total. The fraction of sp³-hybridized carbons (Fsp3) is 0.222. The molecule has 2 heterocycles. The molecule has 2 rings (SSSR count). The lowest BCUT2D eigenvalue weighted by atomic mass is 10.4. The van der Waals surface area contributed by atoms with E-state index in [0.29, 0.717) is 6.42 Å². The van der Waals surface area contributed by atoms with Crippen molar-refractivity contribution in [1.82, 2.24) is 9.97 Å². The zero-order chi connectivity index (χ0) is 9.97. The number of H-pyrrole nitrogens is 1. The Morgan fingerprint density at radius 1 is 1.57 bits per heavy atom. The van der Waals surface area contributed by atoms with Gasteiger partial charge in [0.2, 0.25) is 0 Å². The van der Waals surface area contributed by atoms with Gasteiger partial charge in [0.1, 0.15) is 9.61 Å². The maximum atomic E-state index is 8.84. The number of rotatable bonds is 3. The van der Waals surface area contributed by atoms with E-state index >= 15 is 0 Å². The Balaban J connectivity index is 2.33. The molecule has 0 spiro atoms. The topological polar surface area (TPSA) is 48.9 Å². The monoisotopic (exact) mass is 272 g/mol. The van der Waals surface area contributed by atoms with Crippen LogP contribution in [0, 0.1) is 0 Å². The minimum Gasteiger partial charge on any atom is -0.396 e. The fourth-order valence-electron chi connectivity index (χ4n) is 1.17. The van der Waals surface area contributed by atoms with Crippen LogP contribution in [0.15, 0.2) is 23.1 Å². The van der Waals surface area contributed by atoms with Crippen molar-refractivity contribution in [1.29, 1.82) is 0 Å². The first-order valence-corrected chi connectivity index (χ1v) is 5.81. The molecule has 0 fully saturated rings. The van der Waals surface area contributed by atoms with Gasteiger partial charge in [-0.15, -0.1) is 11.3 Å². The maximum Gasteiger partial charge on any atom is 0.126 e. The number of nitrogens with zero attached hydrogens (tertiary/aromatic N) is 1. The summed E-state index contributed by atoms with van der Waals surface area (Å²) < 4.78 is 0.841. The van der Waals surface area contributed by atoms with Gasteiger partial charge in [-0.25, -0.2) is 4.98 Å². The number of aromatic nitrogens is 2. The lowest BCUT2D eigenvalue weighted by molar-refractivity contribution is 0.300. The van der Waals surface area contributed by atoms with Crippen LogP contribution in [-0.4, -0.2) is 21.7 Å². The second-order valence-corrected chi connectivity index (χ2v) is 4.64. The third-order valence-corrected chi connectivity index (χ3v) is 3.92. The van der Waals surface area contributed by atoms with Gasteiger partial charge in [-0.3, -0.25) is 0 Å². The van der Waals surface area contributed by atoms with Crippen molar-refractivity contribution >= 4 is 27.3 Å². The van der Waals surface area contributed by atoms with E-state index in [2.05, 4.69) is 25.9 Å². The van der Waals surface area contributed by atoms with Crippen LogP contribution < -0.4 is 0 Å². The molecule has 2 aromatic rings. The molecule has 0 unspecified atom stereocenters. The number of hydrogen-bond acceptors (Lipinski definition) is 3. The first-order chi connectivity index (χ1) is 6.81. The van der Waals surface area contributed by atoms with Crippen LogP contribution in [0.4, 0.5) is 0 Å². The summed E-state index contributed by atoms with van der Waals surface area (Å²) >= 11 is 4.99. The van der Waals surface area contributed by atoms with Crippen molar-refractivity contribution in [3.05, 3.63) is 27.9 Å². The molecule has 5 heteroatoms. The quantitative estimate of drug-likeness (QED) is 0.902. The van der Waals surface area contributed by atoms with Crippen molar-refractivity contribution < 1.29 is 5.11 Å². The lowest BCUT2D eigenvalue weighted by Crippen LogP contribution is -1.86. The highest BCUT2D eigenvalue weighted by Gasteiger charge is 2.09. The maximum absolute atomic E-state index is 8.84. The normalized spacial score (nSPS) is 10.7. The third kappa shape index (κ3) is 1.89. The summed E-state index contributed by atoms with van der Waals surface area (Å²) in [7, 11) is 0. The lowest BCUT2D eigenvalue weighted by Gasteiger charge is -1.89. The van der Waals surface area contributed by atoms with Gasteiger partial charge in [-0.05, 0) is 22.0 Å². The molecule has 2 aromatic heterocycles. The van der Waals surface area contributed by atoms with Gasteiger partial charge >= 0.3 is 0 Å². The van der Waals surface area contributed by atoms with Gasteiger partial charge < -0.3 is 10.1 Å². The van der Waals surface area contributed by atoms with Crippen molar-refractivity contribution in [3.8, 4) is 10.6 Å². The Kier molecular flexibility index (Phi) is 3.00. The SMILES string of the molecule is OCCc1sc(-c2cc[nH]c2)nc1Br. The Labute approximate surface area is 93.9 Å². The number of aliphatic hydroxyl groups is 1. The van der Waals surface area contributed by atoms with Gasteiger partial charge in [0.25, 0.3) is 0 Å². The summed E-state index contributed by atoms with van der Waals surface area (Å²) in [6.07, 6.45) is 4.44. The van der Waals surface area contributed by atoms with E-state index in [4.69, 9.17) is 5.11 Å². The number of aromatic amines is 1. The van der Waals surface area contributed by atoms with E-state index in [0.717, 1.165) is 20.1 Å². The average Bonchev–Trinajstić information content (AvgIpc) is 2.76. The summed E-state index contributed by atoms with van der Waals surface area (Å²) in [4.78, 5) is 8.45. The van der Waals surface area contributed by atoms with Gasteiger partial charge in [-0.2, -0.15) is 0 Å². The fourth-order valence-corrected chi connectivity index (χ4v) is 2.84. The van der Waals surface area contributed by atoms with E-state index < -0.39 is 0 Å². The molecular formula is C9H9BrN2OS. The molecule has 0 aromatic carbocycles. The van der Waals surface area contributed by atoms with Crippen molar-refractivity contribution in [2.45, 2.75) is 6.42 Å². The first kappa shape index (κ1) is 9.89. The molecule has 0 saturated carbocycles. The van der Waals surface area contributed by atoms with Crippen LogP contribution in [0.5, 0.6) is 0 Å². The highest BCUT2D eigenvalue weighted by atomic mass is 79.9. The van der Waals surface area contributed by atoms with Gasteiger partial charge in [0.05, 0.1) is 0 Å². The Hall–Kier alpha value is -0.650. The standard InChI is InChI=1S/C9H9BrN2OS/c10-8-7(2-4-13)14-9(12-8)6-1-3-11-5-6/h1,3,5,11,13H,2,4H2. The summed E-state index contributed by atoms with van der Waals surface area (Å²) in [5, 5.41) is 9.81. The smallest absolute Gasteiger partial charge is 0.126 e. The molecule has 74 valence electrons. The number of nitrogens with one attached hydrogen (secondary N) is 1. The van der Waals surface area contributed by atoms with Crippen LogP contribution in [0.3, 0.4) is 0 Å². The van der Waals surface area contributed by atoms with Crippen LogP contribution in [0.2, 0.25) is 0 Å². The number of aliphatic hydroxyl groups excluding tert-OH is 1. The van der Waals surface area contributed by atoms with Crippen LogP contribution in [0.1, 0.15) is 4.88 Å².